The summed E-state index contributed by atoms with van der Waals surface area (Å²) in [4.78, 5) is 0.193. The van der Waals surface area contributed by atoms with Gasteiger partial charge < -0.3 is 5.11 Å². The van der Waals surface area contributed by atoms with Crippen LogP contribution in [0.1, 0.15) is 25.8 Å². The van der Waals surface area contributed by atoms with Crippen LogP contribution in [-0.2, 0) is 10.0 Å². The SMILES string of the molecule is Cc1cc(Br)c(S(=O)(=O)NC(CCO)C(C)C)cc1Br. The highest BCUT2D eigenvalue weighted by atomic mass is 79.9. The van der Waals surface area contributed by atoms with Gasteiger partial charge in [-0.3, -0.25) is 0 Å². The summed E-state index contributed by atoms with van der Waals surface area (Å²) in [7, 11) is -3.63. The molecule has 7 heteroatoms. The standard InChI is InChI=1S/C13H19Br2NO3S/c1-8(2)12(4-5-17)16-20(18,19)13-7-10(14)9(3)6-11(13)15/h6-8,12,16-17H,4-5H2,1-3H3. The maximum Gasteiger partial charge on any atom is 0.241 e. The lowest BCUT2D eigenvalue weighted by molar-refractivity contribution is 0.256. The number of hydrogen-bond acceptors (Lipinski definition) is 3. The summed E-state index contributed by atoms with van der Waals surface area (Å²) in [5.41, 5.74) is 0.951. The molecule has 0 aliphatic rings. The van der Waals surface area contributed by atoms with E-state index in [0.29, 0.717) is 10.9 Å². The molecule has 0 fully saturated rings. The van der Waals surface area contributed by atoms with Gasteiger partial charge in [0.15, 0.2) is 0 Å². The molecule has 20 heavy (non-hydrogen) atoms. The number of hydrogen-bond donors (Lipinski definition) is 2. The predicted octanol–water partition coefficient (Wildman–Crippen LogP) is 3.21. The molecular weight excluding hydrogens is 410 g/mol. The number of aliphatic hydroxyl groups is 1. The van der Waals surface area contributed by atoms with E-state index in [-0.39, 0.29) is 23.5 Å². The van der Waals surface area contributed by atoms with Crippen LogP contribution in [0.15, 0.2) is 26.0 Å². The molecule has 4 nitrogen and oxygen atoms in total. The van der Waals surface area contributed by atoms with Crippen molar-refractivity contribution < 1.29 is 13.5 Å². The average molecular weight is 429 g/mol. The molecule has 0 heterocycles. The smallest absolute Gasteiger partial charge is 0.241 e. The quantitative estimate of drug-likeness (QED) is 0.730. The number of nitrogens with one attached hydrogen (secondary N) is 1. The molecule has 1 unspecified atom stereocenters. The van der Waals surface area contributed by atoms with Crippen molar-refractivity contribution in [2.24, 2.45) is 5.92 Å². The zero-order chi connectivity index (χ0) is 15.5. The molecule has 0 aliphatic heterocycles. The van der Waals surface area contributed by atoms with Crippen LogP contribution in [-0.4, -0.2) is 26.2 Å². The van der Waals surface area contributed by atoms with Gasteiger partial charge in [-0.2, -0.15) is 0 Å². The van der Waals surface area contributed by atoms with Gasteiger partial charge in [0.2, 0.25) is 10.0 Å². The van der Waals surface area contributed by atoms with E-state index in [1.54, 1.807) is 12.1 Å². The summed E-state index contributed by atoms with van der Waals surface area (Å²) in [6.07, 6.45) is 0.390. The molecule has 114 valence electrons. The Morgan fingerprint density at radius 2 is 1.85 bits per heavy atom. The van der Waals surface area contributed by atoms with E-state index in [1.807, 2.05) is 20.8 Å². The van der Waals surface area contributed by atoms with Crippen LogP contribution in [0.25, 0.3) is 0 Å². The third-order valence-electron chi connectivity index (χ3n) is 3.05. The van der Waals surface area contributed by atoms with E-state index < -0.39 is 10.0 Å². The van der Waals surface area contributed by atoms with Gasteiger partial charge in [-0.1, -0.05) is 29.8 Å². The second-order valence-corrected chi connectivity index (χ2v) is 8.41. The Hall–Kier alpha value is 0.0500. The normalized spacial score (nSPS) is 13.8. The summed E-state index contributed by atoms with van der Waals surface area (Å²) >= 11 is 6.64. The first kappa shape index (κ1) is 18.1. The lowest BCUT2D eigenvalue weighted by Gasteiger charge is -2.22. The first-order chi connectivity index (χ1) is 9.19. The molecule has 0 radical (unpaired) electrons. The molecule has 1 aromatic rings. The lowest BCUT2D eigenvalue weighted by Crippen LogP contribution is -2.39. The number of aliphatic hydroxyl groups excluding tert-OH is 1. The maximum absolute atomic E-state index is 12.5. The molecule has 0 saturated heterocycles. The molecule has 2 N–H and O–H groups in total. The second kappa shape index (κ2) is 7.35. The molecule has 0 aliphatic carbocycles. The monoisotopic (exact) mass is 427 g/mol. The van der Waals surface area contributed by atoms with Crippen molar-refractivity contribution in [1.82, 2.24) is 4.72 Å². The fourth-order valence-electron chi connectivity index (χ4n) is 1.76. The van der Waals surface area contributed by atoms with E-state index in [4.69, 9.17) is 5.11 Å². The third kappa shape index (κ3) is 4.53. The zero-order valence-corrected chi connectivity index (χ0v) is 15.6. The number of sulfonamides is 1. The van der Waals surface area contributed by atoms with E-state index in [1.165, 1.54) is 0 Å². The molecular formula is C13H19Br2NO3S. The Morgan fingerprint density at radius 3 is 2.35 bits per heavy atom. The van der Waals surface area contributed by atoms with Crippen molar-refractivity contribution in [2.75, 3.05) is 6.61 Å². The van der Waals surface area contributed by atoms with Gasteiger partial charge in [0.05, 0.1) is 4.90 Å². The molecule has 1 rings (SSSR count). The van der Waals surface area contributed by atoms with Crippen molar-refractivity contribution in [1.29, 1.82) is 0 Å². The van der Waals surface area contributed by atoms with Gasteiger partial charge in [0.25, 0.3) is 0 Å². The van der Waals surface area contributed by atoms with Gasteiger partial charge in [-0.25, -0.2) is 13.1 Å². The van der Waals surface area contributed by atoms with Crippen LogP contribution in [0, 0.1) is 12.8 Å². The summed E-state index contributed by atoms with van der Waals surface area (Å²) in [5.74, 6) is 0.101. The van der Waals surface area contributed by atoms with Gasteiger partial charge >= 0.3 is 0 Å². The van der Waals surface area contributed by atoms with Gasteiger partial charge in [-0.15, -0.1) is 0 Å². The molecule has 0 spiro atoms. The Balaban J connectivity index is 3.13. The van der Waals surface area contributed by atoms with E-state index in [9.17, 15) is 8.42 Å². The van der Waals surface area contributed by atoms with Crippen molar-refractivity contribution >= 4 is 41.9 Å². The average Bonchev–Trinajstić information content (AvgIpc) is 2.32. The van der Waals surface area contributed by atoms with Crippen molar-refractivity contribution in [3.05, 3.63) is 26.6 Å². The molecule has 1 aromatic carbocycles. The summed E-state index contributed by atoms with van der Waals surface area (Å²) in [5, 5.41) is 9.04. The predicted molar refractivity (Wildman–Crippen MR) is 87.2 cm³/mol. The fourth-order valence-corrected chi connectivity index (χ4v) is 4.86. The van der Waals surface area contributed by atoms with Gasteiger partial charge in [0.1, 0.15) is 0 Å². The largest absolute Gasteiger partial charge is 0.396 e. The zero-order valence-electron chi connectivity index (χ0n) is 11.7. The van der Waals surface area contributed by atoms with Crippen molar-refractivity contribution in [2.45, 2.75) is 38.1 Å². The fraction of sp³-hybridized carbons (Fsp3) is 0.538. The summed E-state index contributed by atoms with van der Waals surface area (Å²) in [6, 6.07) is 3.05. The highest BCUT2D eigenvalue weighted by Gasteiger charge is 2.24. The Labute approximate surface area is 137 Å². The maximum atomic E-state index is 12.5. The number of halogens is 2. The van der Waals surface area contributed by atoms with Crippen LogP contribution in [0.2, 0.25) is 0 Å². The number of rotatable bonds is 6. The Kier molecular flexibility index (Phi) is 6.66. The van der Waals surface area contributed by atoms with Crippen LogP contribution in [0.4, 0.5) is 0 Å². The second-order valence-electron chi connectivity index (χ2n) is 5.02. The van der Waals surface area contributed by atoms with Crippen molar-refractivity contribution in [3.8, 4) is 0 Å². The van der Waals surface area contributed by atoms with E-state index in [0.717, 1.165) is 10.0 Å². The molecule has 0 amide bonds. The van der Waals surface area contributed by atoms with Crippen LogP contribution in [0.5, 0.6) is 0 Å². The first-order valence-corrected chi connectivity index (χ1v) is 9.34. The lowest BCUT2D eigenvalue weighted by atomic mass is 10.0. The Morgan fingerprint density at radius 1 is 1.25 bits per heavy atom. The minimum atomic E-state index is -3.63. The number of benzene rings is 1. The Bertz CT molecular complexity index is 573. The van der Waals surface area contributed by atoms with E-state index >= 15 is 0 Å². The molecule has 0 saturated carbocycles. The highest BCUT2D eigenvalue weighted by molar-refractivity contribution is 9.11. The summed E-state index contributed by atoms with van der Waals surface area (Å²) in [6.45, 7) is 5.68. The van der Waals surface area contributed by atoms with Crippen LogP contribution in [0.3, 0.4) is 0 Å². The van der Waals surface area contributed by atoms with Crippen LogP contribution < -0.4 is 4.72 Å². The summed E-state index contributed by atoms with van der Waals surface area (Å²) < 4.78 is 28.8. The van der Waals surface area contributed by atoms with Gasteiger partial charge in [-0.05, 0) is 52.9 Å². The van der Waals surface area contributed by atoms with Crippen molar-refractivity contribution in [3.63, 3.8) is 0 Å². The minimum Gasteiger partial charge on any atom is -0.396 e. The first-order valence-electron chi connectivity index (χ1n) is 6.28. The highest BCUT2D eigenvalue weighted by Crippen LogP contribution is 2.29. The van der Waals surface area contributed by atoms with Crippen LogP contribution >= 0.6 is 31.9 Å². The third-order valence-corrected chi connectivity index (χ3v) is 6.36. The minimum absolute atomic E-state index is 0.0515. The topological polar surface area (TPSA) is 66.4 Å². The van der Waals surface area contributed by atoms with Gasteiger partial charge in [0, 0.05) is 21.6 Å². The molecule has 1 atom stereocenters. The number of aryl methyl sites for hydroxylation is 1. The molecule has 0 bridgehead atoms. The molecule has 0 aromatic heterocycles. The van der Waals surface area contributed by atoms with E-state index in [2.05, 4.69) is 36.6 Å².